The van der Waals surface area contributed by atoms with Crippen molar-refractivity contribution < 1.29 is 22.7 Å². The fourth-order valence-corrected chi connectivity index (χ4v) is 4.88. The molecule has 0 radical (unpaired) electrons. The van der Waals surface area contributed by atoms with E-state index in [1.807, 2.05) is 17.5 Å². The molecule has 5 nitrogen and oxygen atoms in total. The van der Waals surface area contributed by atoms with Crippen LogP contribution in [0.25, 0.3) is 11.1 Å². The Morgan fingerprint density at radius 3 is 2.80 bits per heavy atom. The predicted molar refractivity (Wildman–Crippen MR) is 117 cm³/mol. The second-order valence-electron chi connectivity index (χ2n) is 7.34. The second kappa shape index (κ2) is 8.37. The minimum Gasteiger partial charge on any atom is -0.493 e. The molecular formula is C22H22FNO4S2. The third-order valence-corrected chi connectivity index (χ3v) is 7.32. The van der Waals surface area contributed by atoms with E-state index in [1.54, 1.807) is 47.7 Å². The van der Waals surface area contributed by atoms with Gasteiger partial charge in [0.15, 0.2) is 0 Å². The summed E-state index contributed by atoms with van der Waals surface area (Å²) in [6, 6.07) is 14.2. The number of sulfonamides is 1. The lowest BCUT2D eigenvalue weighted by molar-refractivity contribution is 0.0509. The highest BCUT2D eigenvalue weighted by Crippen LogP contribution is 2.40. The summed E-state index contributed by atoms with van der Waals surface area (Å²) in [7, 11) is -4.13. The zero-order chi connectivity index (χ0) is 21.3. The lowest BCUT2D eigenvalue weighted by atomic mass is 9.88. The van der Waals surface area contributed by atoms with Crippen LogP contribution in [0.4, 0.5) is 10.1 Å². The third-order valence-electron chi connectivity index (χ3n) is 5.23. The Kier molecular flexibility index (Phi) is 5.81. The number of thiophene rings is 1. The van der Waals surface area contributed by atoms with E-state index in [0.717, 1.165) is 13.3 Å². The number of benzene rings is 2. The summed E-state index contributed by atoms with van der Waals surface area (Å²) in [6.45, 7) is 1.37. The Morgan fingerprint density at radius 1 is 1.27 bits per heavy atom. The molecule has 4 rings (SSSR count). The van der Waals surface area contributed by atoms with Crippen molar-refractivity contribution in [3.8, 4) is 16.9 Å². The molecule has 0 saturated carbocycles. The van der Waals surface area contributed by atoms with E-state index < -0.39 is 21.6 Å². The van der Waals surface area contributed by atoms with Gasteiger partial charge in [-0.1, -0.05) is 30.3 Å². The highest BCUT2D eigenvalue weighted by molar-refractivity contribution is 7.93. The van der Waals surface area contributed by atoms with Crippen molar-refractivity contribution in [3.63, 3.8) is 0 Å². The molecule has 3 aromatic rings. The number of nitrogens with one attached hydrogen (secondary N) is 1. The molecule has 2 N–H and O–H groups in total. The standard InChI is InChI=1S/C22H22FNO4S2/c1-14(23)30(26,27)24-20-5-3-2-4-18(20)16-6-7-19-21(11-16)28-12-17(22(19)25)10-15-8-9-29-13-15/h2-9,11,13-14,17,22,24-25H,10,12H2,1H3. The van der Waals surface area contributed by atoms with Crippen molar-refractivity contribution >= 4 is 27.0 Å². The fraction of sp³-hybridized carbons (Fsp3) is 0.273. The van der Waals surface area contributed by atoms with Crippen molar-refractivity contribution in [2.75, 3.05) is 11.3 Å². The number of aliphatic hydroxyl groups is 1. The molecule has 1 aromatic heterocycles. The van der Waals surface area contributed by atoms with E-state index >= 15 is 0 Å². The SMILES string of the molecule is CC(F)S(=O)(=O)Nc1ccccc1-c1ccc2c(c1)OCC(Cc1ccsc1)C2O. The smallest absolute Gasteiger partial charge is 0.264 e. The van der Waals surface area contributed by atoms with E-state index in [2.05, 4.69) is 10.1 Å². The number of halogens is 1. The molecule has 8 heteroatoms. The highest BCUT2D eigenvalue weighted by atomic mass is 32.2. The van der Waals surface area contributed by atoms with Crippen LogP contribution in [0.1, 0.15) is 24.2 Å². The van der Waals surface area contributed by atoms with E-state index in [4.69, 9.17) is 4.74 Å². The molecule has 2 aromatic carbocycles. The molecule has 3 unspecified atom stereocenters. The molecule has 1 aliphatic heterocycles. The van der Waals surface area contributed by atoms with Crippen LogP contribution in [0.2, 0.25) is 0 Å². The van der Waals surface area contributed by atoms with Crippen LogP contribution >= 0.6 is 11.3 Å². The van der Waals surface area contributed by atoms with E-state index in [9.17, 15) is 17.9 Å². The zero-order valence-corrected chi connectivity index (χ0v) is 17.9. The lowest BCUT2D eigenvalue weighted by Crippen LogP contribution is -2.27. The van der Waals surface area contributed by atoms with Gasteiger partial charge in [0.25, 0.3) is 10.0 Å². The molecular weight excluding hydrogens is 425 g/mol. The number of hydrogen-bond donors (Lipinski definition) is 2. The number of anilines is 1. The second-order valence-corrected chi connectivity index (χ2v) is 10.1. The van der Waals surface area contributed by atoms with Crippen LogP contribution in [0, 0.1) is 5.92 Å². The molecule has 0 fully saturated rings. The summed E-state index contributed by atoms with van der Waals surface area (Å²) in [6.07, 6.45) is 0.0848. The van der Waals surface area contributed by atoms with Gasteiger partial charge in [-0.2, -0.15) is 11.3 Å². The normalized spacial score (nSPS) is 19.6. The monoisotopic (exact) mass is 447 g/mol. The van der Waals surface area contributed by atoms with Gasteiger partial charge in [-0.05, 0) is 53.4 Å². The van der Waals surface area contributed by atoms with Crippen molar-refractivity contribution in [1.29, 1.82) is 0 Å². The first-order valence-corrected chi connectivity index (χ1v) is 12.0. The maximum atomic E-state index is 13.4. The fourth-order valence-electron chi connectivity index (χ4n) is 3.55. The average molecular weight is 448 g/mol. The average Bonchev–Trinajstić information content (AvgIpc) is 3.23. The van der Waals surface area contributed by atoms with Gasteiger partial charge in [-0.15, -0.1) is 0 Å². The summed E-state index contributed by atoms with van der Waals surface area (Å²) in [5.74, 6) is 0.529. The first kappa shape index (κ1) is 20.8. The summed E-state index contributed by atoms with van der Waals surface area (Å²) < 4.78 is 45.7. The molecule has 1 aliphatic rings. The molecule has 0 amide bonds. The third kappa shape index (κ3) is 4.21. The minimum atomic E-state index is -4.13. The van der Waals surface area contributed by atoms with E-state index in [1.165, 1.54) is 5.56 Å². The van der Waals surface area contributed by atoms with Gasteiger partial charge in [0.2, 0.25) is 5.50 Å². The molecule has 0 saturated heterocycles. The summed E-state index contributed by atoms with van der Waals surface area (Å²) in [5.41, 5.74) is 1.45. The summed E-state index contributed by atoms with van der Waals surface area (Å²) in [5, 5.41) is 14.9. The van der Waals surface area contributed by atoms with Crippen LogP contribution in [-0.2, 0) is 16.4 Å². The number of fused-ring (bicyclic) bond motifs is 1. The largest absolute Gasteiger partial charge is 0.493 e. The Balaban J connectivity index is 1.62. The number of para-hydroxylation sites is 1. The molecule has 2 heterocycles. The van der Waals surface area contributed by atoms with Crippen molar-refractivity contribution in [3.05, 3.63) is 70.4 Å². The van der Waals surface area contributed by atoms with Crippen LogP contribution in [-0.4, -0.2) is 25.6 Å². The maximum absolute atomic E-state index is 13.4. The van der Waals surface area contributed by atoms with Gasteiger partial charge in [-0.3, -0.25) is 4.72 Å². The number of ether oxygens (including phenoxy) is 1. The van der Waals surface area contributed by atoms with Crippen molar-refractivity contribution in [1.82, 2.24) is 0 Å². The minimum absolute atomic E-state index is 0.0388. The first-order chi connectivity index (χ1) is 14.3. The van der Waals surface area contributed by atoms with Gasteiger partial charge >= 0.3 is 0 Å². The summed E-state index contributed by atoms with van der Waals surface area (Å²) >= 11 is 1.63. The topological polar surface area (TPSA) is 75.6 Å². The number of rotatable bonds is 6. The van der Waals surface area contributed by atoms with Crippen LogP contribution in [0.5, 0.6) is 5.75 Å². The van der Waals surface area contributed by atoms with Gasteiger partial charge in [0.05, 0.1) is 18.4 Å². The van der Waals surface area contributed by atoms with E-state index in [0.29, 0.717) is 29.0 Å². The number of alkyl halides is 1. The molecule has 30 heavy (non-hydrogen) atoms. The van der Waals surface area contributed by atoms with E-state index in [-0.39, 0.29) is 11.6 Å². The summed E-state index contributed by atoms with van der Waals surface area (Å²) in [4.78, 5) is 0. The Bertz CT molecular complexity index is 1130. The van der Waals surface area contributed by atoms with Crippen molar-refractivity contribution in [2.24, 2.45) is 5.92 Å². The van der Waals surface area contributed by atoms with Gasteiger partial charge < -0.3 is 9.84 Å². The zero-order valence-electron chi connectivity index (χ0n) is 16.3. The van der Waals surface area contributed by atoms with Crippen LogP contribution in [0.3, 0.4) is 0 Å². The Morgan fingerprint density at radius 2 is 2.07 bits per heavy atom. The first-order valence-electron chi connectivity index (χ1n) is 9.56. The maximum Gasteiger partial charge on any atom is 0.264 e. The van der Waals surface area contributed by atoms with Gasteiger partial charge in [-0.25, -0.2) is 12.8 Å². The van der Waals surface area contributed by atoms with Gasteiger partial charge in [0, 0.05) is 17.0 Å². The van der Waals surface area contributed by atoms with Crippen molar-refractivity contribution in [2.45, 2.75) is 25.0 Å². The molecule has 0 aliphatic carbocycles. The lowest BCUT2D eigenvalue weighted by Gasteiger charge is -2.30. The molecule has 3 atom stereocenters. The molecule has 0 spiro atoms. The molecule has 0 bridgehead atoms. The quantitative estimate of drug-likeness (QED) is 0.571. The Labute approximate surface area is 179 Å². The van der Waals surface area contributed by atoms with Crippen LogP contribution in [0.15, 0.2) is 59.3 Å². The van der Waals surface area contributed by atoms with Gasteiger partial charge in [0.1, 0.15) is 5.75 Å². The van der Waals surface area contributed by atoms with Crippen LogP contribution < -0.4 is 9.46 Å². The predicted octanol–water partition coefficient (Wildman–Crippen LogP) is 4.76. The number of hydrogen-bond acceptors (Lipinski definition) is 5. The number of aliphatic hydroxyl groups excluding tert-OH is 1. The Hall–Kier alpha value is -2.42. The molecule has 158 valence electrons. The highest BCUT2D eigenvalue weighted by Gasteiger charge is 2.30.